The van der Waals surface area contributed by atoms with Crippen LogP contribution in [0.3, 0.4) is 0 Å². The molecule has 15 nitrogen and oxygen atoms in total. The van der Waals surface area contributed by atoms with E-state index in [1.165, 1.54) is 25.3 Å². The molecule has 4 N–H and O–H groups in total. The molecule has 0 bridgehead atoms. The number of allylic oxidation sites excluding steroid dienone is 1. The summed E-state index contributed by atoms with van der Waals surface area (Å²) in [5.41, 5.74) is 5.19. The summed E-state index contributed by atoms with van der Waals surface area (Å²) in [5, 5.41) is 17.0. The fraction of sp³-hybridized carbons (Fsp3) is 0.375. The van der Waals surface area contributed by atoms with E-state index in [0.29, 0.717) is 74.9 Å². The van der Waals surface area contributed by atoms with Gasteiger partial charge in [0.2, 0.25) is 10.0 Å². The summed E-state index contributed by atoms with van der Waals surface area (Å²) in [6.07, 6.45) is 7.82. The van der Waals surface area contributed by atoms with Gasteiger partial charge in [-0.1, -0.05) is 63.3 Å². The lowest BCUT2D eigenvalue weighted by atomic mass is 9.91. The first-order valence-corrected chi connectivity index (χ1v) is 25.4. The molecule has 0 radical (unpaired) electrons. The second-order valence-electron chi connectivity index (χ2n) is 16.4. The summed E-state index contributed by atoms with van der Waals surface area (Å²) in [4.78, 5) is 18.1. The average molecular weight is 964 g/mol. The highest BCUT2D eigenvalue weighted by molar-refractivity contribution is 7.94. The Kier molecular flexibility index (Phi) is 17.0. The van der Waals surface area contributed by atoms with E-state index in [-0.39, 0.29) is 33.4 Å². The highest BCUT2D eigenvalue weighted by Gasteiger charge is 2.29. The van der Waals surface area contributed by atoms with Crippen LogP contribution in [0.2, 0.25) is 0 Å². The summed E-state index contributed by atoms with van der Waals surface area (Å²) in [7, 11) is -7.56. The second kappa shape index (κ2) is 22.3. The number of hydrogen-bond donors (Lipinski definition) is 4. The molecule has 0 saturated heterocycles. The third-order valence-corrected chi connectivity index (χ3v) is 15.1. The number of nitrogens with zero attached hydrogens (tertiary/aromatic N) is 1. The van der Waals surface area contributed by atoms with Crippen LogP contribution >= 0.6 is 12.0 Å². The summed E-state index contributed by atoms with van der Waals surface area (Å²) < 4.78 is 88.4. The maximum absolute atomic E-state index is 14.5. The van der Waals surface area contributed by atoms with Crippen LogP contribution in [0.5, 0.6) is 0 Å². The number of sulfonamides is 1. The minimum Gasteiger partial charge on any atom is -0.465 e. The number of esters is 1. The number of anilines is 2. The molecule has 1 aliphatic heterocycles. The minimum absolute atomic E-state index is 0.0369. The number of ether oxygens (including phenoxy) is 2. The number of fused-ring (bicyclic) bond motifs is 2. The zero-order valence-corrected chi connectivity index (χ0v) is 40.5. The van der Waals surface area contributed by atoms with E-state index < -0.39 is 32.2 Å². The van der Waals surface area contributed by atoms with Crippen molar-refractivity contribution in [1.29, 1.82) is 0 Å². The first-order chi connectivity index (χ1) is 31.5. The van der Waals surface area contributed by atoms with Gasteiger partial charge in [-0.05, 0) is 105 Å². The monoisotopic (exact) mass is 963 g/mol. The number of nitrogens with one attached hydrogen (secondary N) is 2. The predicted octanol–water partition coefficient (Wildman–Crippen LogP) is 10.3. The smallest absolute Gasteiger partial charge is 0.337 e. The first-order valence-electron chi connectivity index (χ1n) is 21.7. The van der Waals surface area contributed by atoms with Gasteiger partial charge in [0.1, 0.15) is 11.3 Å². The SMILES string of the molecule is CCCCC(CC)COCCCNS(=O)(=O)c1cc(C(=O)OC)ccc1-c1c2cc/c(=N\C3C(C)=C(S(=O)(=O)O)C=CC3C)cc-2oc2cc(Nc3c(C)ccc(SOOO)c3C)ccc12. The van der Waals surface area contributed by atoms with Crippen molar-refractivity contribution in [2.75, 3.05) is 32.2 Å². The van der Waals surface area contributed by atoms with Gasteiger partial charge in [-0.15, -0.1) is 4.33 Å². The number of carbonyl (C=O) groups excluding carboxylic acids is 1. The largest absolute Gasteiger partial charge is 0.465 e. The van der Waals surface area contributed by atoms with Gasteiger partial charge >= 0.3 is 5.97 Å². The fourth-order valence-electron chi connectivity index (χ4n) is 8.12. The van der Waals surface area contributed by atoms with E-state index in [9.17, 15) is 26.2 Å². The van der Waals surface area contributed by atoms with Crippen LogP contribution in [-0.4, -0.2) is 65.5 Å². The lowest BCUT2D eigenvalue weighted by Crippen LogP contribution is -2.26. The van der Waals surface area contributed by atoms with Crippen LogP contribution in [0.15, 0.2) is 109 Å². The maximum Gasteiger partial charge on any atom is 0.337 e. The van der Waals surface area contributed by atoms with Gasteiger partial charge < -0.3 is 19.2 Å². The van der Waals surface area contributed by atoms with E-state index >= 15 is 0 Å². The van der Waals surface area contributed by atoms with Gasteiger partial charge in [0.05, 0.1) is 45.9 Å². The number of rotatable bonds is 21. The lowest BCUT2D eigenvalue weighted by Gasteiger charge is -2.24. The molecule has 354 valence electrons. The Morgan fingerprint density at radius 2 is 1.74 bits per heavy atom. The number of unbranched alkanes of at least 4 members (excludes halogenated alkanes) is 1. The lowest BCUT2D eigenvalue weighted by molar-refractivity contribution is -0.432. The molecule has 3 aliphatic rings. The molecule has 0 saturated carbocycles. The normalized spacial score (nSPS) is 16.3. The molecule has 3 atom stereocenters. The van der Waals surface area contributed by atoms with Gasteiger partial charge in [0.25, 0.3) is 10.1 Å². The Morgan fingerprint density at radius 3 is 2.45 bits per heavy atom. The quantitative estimate of drug-likeness (QED) is 0.0103. The van der Waals surface area contributed by atoms with Crippen LogP contribution < -0.4 is 15.4 Å². The van der Waals surface area contributed by atoms with E-state index in [1.54, 1.807) is 43.3 Å². The predicted molar refractivity (Wildman–Crippen MR) is 255 cm³/mol. The Balaban J connectivity index is 1.49. The number of hydrogen-bond acceptors (Lipinski definition) is 14. The summed E-state index contributed by atoms with van der Waals surface area (Å²) in [6.45, 7) is 12.7. The average Bonchev–Trinajstić information content (AvgIpc) is 3.29. The number of carbonyl (C=O) groups is 1. The fourth-order valence-corrected chi connectivity index (χ4v) is 10.7. The maximum atomic E-state index is 14.5. The molecule has 0 amide bonds. The van der Waals surface area contributed by atoms with Gasteiger partial charge in [0, 0.05) is 76.2 Å². The van der Waals surface area contributed by atoms with Gasteiger partial charge in [-0.25, -0.2) is 23.2 Å². The van der Waals surface area contributed by atoms with E-state index in [4.69, 9.17) is 28.5 Å². The van der Waals surface area contributed by atoms with Crippen molar-refractivity contribution < 1.29 is 54.7 Å². The highest BCUT2D eigenvalue weighted by Crippen LogP contribution is 2.44. The van der Waals surface area contributed by atoms with Crippen molar-refractivity contribution in [2.24, 2.45) is 16.8 Å². The van der Waals surface area contributed by atoms with E-state index in [2.05, 4.69) is 28.9 Å². The molecular formula is C48H57N3O12S3. The Labute approximate surface area is 390 Å². The Bertz CT molecular complexity index is 2890. The third-order valence-electron chi connectivity index (χ3n) is 11.8. The molecule has 3 aromatic rings. The van der Waals surface area contributed by atoms with Crippen LogP contribution in [0.1, 0.15) is 81.3 Å². The van der Waals surface area contributed by atoms with Crippen molar-refractivity contribution in [2.45, 2.75) is 89.5 Å². The van der Waals surface area contributed by atoms with Crippen molar-refractivity contribution in [3.8, 4) is 22.5 Å². The van der Waals surface area contributed by atoms with Crippen LogP contribution in [0, 0.1) is 25.7 Å². The minimum atomic E-state index is -4.51. The number of aryl methyl sites for hydroxylation is 1. The highest BCUT2D eigenvalue weighted by atomic mass is 32.2. The summed E-state index contributed by atoms with van der Waals surface area (Å²) >= 11 is 0.841. The Hall–Kier alpha value is -4.89. The van der Waals surface area contributed by atoms with Gasteiger partial charge in [-0.2, -0.15) is 8.42 Å². The van der Waals surface area contributed by atoms with E-state index in [1.807, 2.05) is 45.0 Å². The molecule has 18 heteroatoms. The molecular weight excluding hydrogens is 907 g/mol. The van der Waals surface area contributed by atoms with Crippen LogP contribution in [-0.2, 0) is 39.0 Å². The summed E-state index contributed by atoms with van der Waals surface area (Å²) in [5.74, 6) is -0.151. The zero-order valence-electron chi connectivity index (χ0n) is 38.0. The molecule has 0 fully saturated rings. The van der Waals surface area contributed by atoms with Gasteiger partial charge in [0.15, 0.2) is 0 Å². The topological polar surface area (TPSA) is 212 Å². The number of benzene rings is 4. The standard InChI is InChI=1S/C48H57N3O12S3/c1-8-10-12-33(9-2)28-60-24-11-23-49-65(54,55)44-25-34(48(52)59-7)15-18-39(44)45-37-19-16-35(50-46-29(3)13-21-42(31(46)5)64-63-62-53)26-40(37)61-41-27-36(17-20-38(41)45)51-47-30(4)14-22-43(32(47)6)66(56,57)58/h13-22,25-27,30,33,47,49-50,53H,8-12,23-24,28H2,1-7H3,(H,56,57,58)/b51-36+. The van der Waals surface area contributed by atoms with Gasteiger partial charge in [-0.3, -0.25) is 9.55 Å². The molecule has 2 aliphatic carbocycles. The molecule has 1 heterocycles. The molecule has 6 rings (SSSR count). The number of methoxy groups -OCH3 is 1. The first kappa shape index (κ1) is 50.5. The van der Waals surface area contributed by atoms with Crippen molar-refractivity contribution in [3.63, 3.8) is 0 Å². The van der Waals surface area contributed by atoms with Crippen molar-refractivity contribution >= 4 is 60.5 Å². The van der Waals surface area contributed by atoms with E-state index in [0.717, 1.165) is 54.5 Å². The molecule has 3 unspecified atom stereocenters. The Morgan fingerprint density at radius 1 is 0.970 bits per heavy atom. The zero-order chi connectivity index (χ0) is 47.8. The van der Waals surface area contributed by atoms with Crippen molar-refractivity contribution in [1.82, 2.24) is 4.72 Å². The molecule has 0 spiro atoms. The van der Waals surface area contributed by atoms with Crippen molar-refractivity contribution in [3.05, 3.63) is 111 Å². The van der Waals surface area contributed by atoms with Crippen LogP contribution in [0.4, 0.5) is 11.4 Å². The third kappa shape index (κ3) is 11.8. The summed E-state index contributed by atoms with van der Waals surface area (Å²) in [6, 6.07) is 18.1. The second-order valence-corrected chi connectivity index (χ2v) is 20.2. The molecule has 66 heavy (non-hydrogen) atoms. The molecule has 0 aromatic heterocycles. The molecule has 3 aromatic carbocycles. The van der Waals surface area contributed by atoms with Crippen LogP contribution in [0.25, 0.3) is 33.4 Å².